The molecule has 0 aliphatic heterocycles. The van der Waals surface area contributed by atoms with Crippen LogP contribution in [0.25, 0.3) is 0 Å². The Labute approximate surface area is 112 Å². The van der Waals surface area contributed by atoms with Gasteiger partial charge in [-0.05, 0) is 6.92 Å². The lowest BCUT2D eigenvalue weighted by atomic mass is 10.2. The molecule has 19 heavy (non-hydrogen) atoms. The van der Waals surface area contributed by atoms with Crippen molar-refractivity contribution in [1.29, 1.82) is 0 Å². The summed E-state index contributed by atoms with van der Waals surface area (Å²) in [7, 11) is -3.73. The number of hydrogen-bond acceptors (Lipinski definition) is 4. The van der Waals surface area contributed by atoms with Crippen molar-refractivity contribution in [3.05, 3.63) is 12.5 Å². The second-order valence-electron chi connectivity index (χ2n) is 4.24. The van der Waals surface area contributed by atoms with Crippen LogP contribution in [0.3, 0.4) is 0 Å². The second kappa shape index (κ2) is 6.16. The predicted octanol–water partition coefficient (Wildman–Crippen LogP) is 0.634. The summed E-state index contributed by atoms with van der Waals surface area (Å²) < 4.78 is 27.4. The fourth-order valence-electron chi connectivity index (χ4n) is 1.56. The molecule has 0 saturated heterocycles. The summed E-state index contributed by atoms with van der Waals surface area (Å²) >= 11 is 0. The van der Waals surface area contributed by atoms with Crippen molar-refractivity contribution >= 4 is 16.0 Å². The lowest BCUT2D eigenvalue weighted by Gasteiger charge is -2.21. The van der Waals surface area contributed by atoms with Crippen LogP contribution in [0, 0.1) is 5.92 Å². The molecule has 1 aromatic heterocycles. The van der Waals surface area contributed by atoms with Crippen LogP contribution in [0.4, 0.5) is 0 Å². The van der Waals surface area contributed by atoms with E-state index >= 15 is 0 Å². The van der Waals surface area contributed by atoms with Gasteiger partial charge in [0.25, 0.3) is 10.0 Å². The van der Waals surface area contributed by atoms with Crippen LogP contribution >= 0.6 is 0 Å². The quantitative estimate of drug-likeness (QED) is 0.795. The molecule has 0 bridgehead atoms. The predicted molar refractivity (Wildman–Crippen MR) is 69.1 cm³/mol. The molecule has 8 heteroatoms. The highest BCUT2D eigenvalue weighted by atomic mass is 32.2. The van der Waals surface area contributed by atoms with E-state index in [4.69, 9.17) is 5.11 Å². The zero-order valence-electron chi connectivity index (χ0n) is 11.3. The lowest BCUT2D eigenvalue weighted by Crippen LogP contribution is -2.36. The first-order chi connectivity index (χ1) is 8.82. The van der Waals surface area contributed by atoms with E-state index in [1.807, 2.05) is 6.92 Å². The molecule has 7 nitrogen and oxygen atoms in total. The van der Waals surface area contributed by atoms with Crippen molar-refractivity contribution in [2.45, 2.75) is 32.3 Å². The largest absolute Gasteiger partial charge is 0.481 e. The van der Waals surface area contributed by atoms with Crippen molar-refractivity contribution in [1.82, 2.24) is 13.9 Å². The average Bonchev–Trinajstić information content (AvgIpc) is 2.84. The smallest absolute Gasteiger partial charge is 0.307 e. The Balaban J connectivity index is 2.98. The molecule has 1 rings (SSSR count). The first-order valence-corrected chi connectivity index (χ1v) is 7.51. The molecule has 0 aromatic carbocycles. The van der Waals surface area contributed by atoms with E-state index in [-0.39, 0.29) is 18.1 Å². The number of imidazole rings is 1. The molecule has 0 fully saturated rings. The van der Waals surface area contributed by atoms with Gasteiger partial charge in [-0.3, -0.25) is 4.79 Å². The summed E-state index contributed by atoms with van der Waals surface area (Å²) in [6, 6.07) is 0. The molecule has 0 radical (unpaired) electrons. The summed E-state index contributed by atoms with van der Waals surface area (Å²) in [6.45, 7) is 5.79. The minimum atomic E-state index is -3.73. The fraction of sp³-hybridized carbons (Fsp3) is 0.636. The molecule has 0 aliphatic rings. The zero-order valence-corrected chi connectivity index (χ0v) is 12.1. The van der Waals surface area contributed by atoms with Crippen LogP contribution in [-0.4, -0.2) is 46.4 Å². The monoisotopic (exact) mass is 289 g/mol. The Morgan fingerprint density at radius 2 is 2.16 bits per heavy atom. The van der Waals surface area contributed by atoms with E-state index in [0.29, 0.717) is 6.54 Å². The Morgan fingerprint density at radius 1 is 1.53 bits per heavy atom. The van der Waals surface area contributed by atoms with Gasteiger partial charge < -0.3 is 9.67 Å². The molecule has 1 N–H and O–H groups in total. The number of aryl methyl sites for hydroxylation is 1. The van der Waals surface area contributed by atoms with E-state index in [9.17, 15) is 13.2 Å². The van der Waals surface area contributed by atoms with Crippen LogP contribution in [0.2, 0.25) is 0 Å². The maximum Gasteiger partial charge on any atom is 0.307 e. The number of sulfonamides is 1. The molecule has 0 aliphatic carbocycles. The van der Waals surface area contributed by atoms with Gasteiger partial charge >= 0.3 is 5.97 Å². The normalized spacial score (nSPS) is 13.7. The van der Waals surface area contributed by atoms with Crippen LogP contribution in [0.1, 0.15) is 20.8 Å². The van der Waals surface area contributed by atoms with Gasteiger partial charge in [-0.2, -0.15) is 4.31 Å². The third-order valence-corrected chi connectivity index (χ3v) is 4.66. The topological polar surface area (TPSA) is 92.5 Å². The lowest BCUT2D eigenvalue weighted by molar-refractivity contribution is -0.141. The van der Waals surface area contributed by atoms with Gasteiger partial charge in [-0.1, -0.05) is 13.8 Å². The van der Waals surface area contributed by atoms with Crippen LogP contribution in [-0.2, 0) is 21.4 Å². The van der Waals surface area contributed by atoms with Crippen LogP contribution < -0.4 is 0 Å². The van der Waals surface area contributed by atoms with Gasteiger partial charge in [0.15, 0.2) is 5.03 Å². The maximum atomic E-state index is 12.3. The number of rotatable bonds is 7. The first-order valence-electron chi connectivity index (χ1n) is 6.07. The number of nitrogens with zero attached hydrogens (tertiary/aromatic N) is 3. The van der Waals surface area contributed by atoms with Gasteiger partial charge in [0.05, 0.1) is 12.2 Å². The van der Waals surface area contributed by atoms with E-state index in [2.05, 4.69) is 4.98 Å². The molecule has 0 saturated carbocycles. The number of carboxylic acids is 1. The van der Waals surface area contributed by atoms with E-state index < -0.39 is 21.9 Å². The molecule has 1 atom stereocenters. The molecule has 1 heterocycles. The summed E-state index contributed by atoms with van der Waals surface area (Å²) in [5.41, 5.74) is 0. The highest BCUT2D eigenvalue weighted by Crippen LogP contribution is 2.15. The Kier molecular flexibility index (Phi) is 5.07. The molecule has 1 aromatic rings. The summed E-state index contributed by atoms with van der Waals surface area (Å²) in [6.07, 6.45) is 2.89. The van der Waals surface area contributed by atoms with Crippen molar-refractivity contribution in [3.8, 4) is 0 Å². The van der Waals surface area contributed by atoms with Crippen molar-refractivity contribution in [2.75, 3.05) is 13.1 Å². The summed E-state index contributed by atoms with van der Waals surface area (Å²) in [4.78, 5) is 14.7. The van der Waals surface area contributed by atoms with Gasteiger partial charge in [-0.25, -0.2) is 13.4 Å². The minimum Gasteiger partial charge on any atom is -0.481 e. The van der Waals surface area contributed by atoms with Crippen LogP contribution in [0.15, 0.2) is 17.6 Å². The summed E-state index contributed by atoms with van der Waals surface area (Å²) in [5, 5.41) is 8.82. The third-order valence-electron chi connectivity index (χ3n) is 2.83. The third kappa shape index (κ3) is 3.54. The van der Waals surface area contributed by atoms with Crippen molar-refractivity contribution in [2.24, 2.45) is 5.92 Å². The molecular weight excluding hydrogens is 270 g/mol. The highest BCUT2D eigenvalue weighted by molar-refractivity contribution is 7.89. The molecule has 1 unspecified atom stereocenters. The zero-order chi connectivity index (χ0) is 14.6. The van der Waals surface area contributed by atoms with Gasteiger partial charge in [-0.15, -0.1) is 0 Å². The Morgan fingerprint density at radius 3 is 2.58 bits per heavy atom. The van der Waals surface area contributed by atoms with E-state index in [1.54, 1.807) is 11.5 Å². The Bertz CT molecular complexity index is 538. The van der Waals surface area contributed by atoms with Crippen LogP contribution in [0.5, 0.6) is 0 Å². The molecular formula is C11H19N3O4S. The van der Waals surface area contributed by atoms with E-state index in [1.165, 1.54) is 19.4 Å². The summed E-state index contributed by atoms with van der Waals surface area (Å²) in [5.74, 6) is -1.78. The Hall–Kier alpha value is -1.41. The maximum absolute atomic E-state index is 12.3. The number of aliphatic carboxylic acids is 1. The minimum absolute atomic E-state index is 0.0474. The number of carboxylic acid groups (broad SMARTS) is 1. The fourth-order valence-corrected chi connectivity index (χ4v) is 3.03. The molecule has 0 spiro atoms. The standard InChI is InChI=1S/C11H19N3O4S/c1-4-13-7-10(12-8-13)19(17,18)14(5-2)6-9(3)11(15)16/h7-9H,4-6H2,1-3H3,(H,15,16). The highest BCUT2D eigenvalue weighted by Gasteiger charge is 2.28. The molecule has 108 valence electrons. The van der Waals surface area contributed by atoms with Crippen molar-refractivity contribution < 1.29 is 18.3 Å². The number of carbonyl (C=O) groups is 1. The number of aromatic nitrogens is 2. The first kappa shape index (κ1) is 15.6. The van der Waals surface area contributed by atoms with E-state index in [0.717, 1.165) is 4.31 Å². The second-order valence-corrected chi connectivity index (χ2v) is 6.12. The average molecular weight is 289 g/mol. The van der Waals surface area contributed by atoms with Gasteiger partial charge in [0, 0.05) is 25.8 Å². The van der Waals surface area contributed by atoms with Crippen molar-refractivity contribution in [3.63, 3.8) is 0 Å². The SMILES string of the molecule is CCN(CC(C)C(=O)O)S(=O)(=O)c1cn(CC)cn1. The van der Waals surface area contributed by atoms with Gasteiger partial charge in [0.2, 0.25) is 0 Å². The molecule has 0 amide bonds. The van der Waals surface area contributed by atoms with Gasteiger partial charge in [0.1, 0.15) is 0 Å². The number of hydrogen-bond donors (Lipinski definition) is 1.